The number of aromatic nitrogens is 2. The van der Waals surface area contributed by atoms with E-state index in [1.807, 2.05) is 0 Å². The molecule has 2 fully saturated rings. The number of nitrogens with zero attached hydrogens (tertiary/aromatic N) is 5. The molecule has 1 aromatic heterocycles. The first-order valence-corrected chi connectivity index (χ1v) is 14.7. The van der Waals surface area contributed by atoms with Crippen LogP contribution in [0.15, 0.2) is 18.3 Å². The first-order valence-electron chi connectivity index (χ1n) is 14.3. The number of benzene rings is 1. The lowest BCUT2D eigenvalue weighted by molar-refractivity contribution is -0.118. The van der Waals surface area contributed by atoms with Gasteiger partial charge in [-0.2, -0.15) is 4.98 Å². The lowest BCUT2D eigenvalue weighted by Crippen LogP contribution is -2.40. The molecule has 3 amide bonds. The van der Waals surface area contributed by atoms with Crippen LogP contribution in [-0.2, 0) is 9.53 Å². The summed E-state index contributed by atoms with van der Waals surface area (Å²) in [7, 11) is 1.71. The third-order valence-electron chi connectivity index (χ3n) is 7.81. The van der Waals surface area contributed by atoms with Gasteiger partial charge in [0.1, 0.15) is 17.1 Å². The van der Waals surface area contributed by atoms with Gasteiger partial charge in [-0.15, -0.1) is 0 Å². The molecule has 1 atom stereocenters. The summed E-state index contributed by atoms with van der Waals surface area (Å²) in [4.78, 5) is 52.2. The Morgan fingerprint density at radius 2 is 1.88 bits per heavy atom. The van der Waals surface area contributed by atoms with Gasteiger partial charge in [0, 0.05) is 45.2 Å². The van der Waals surface area contributed by atoms with E-state index >= 15 is 4.39 Å². The summed E-state index contributed by atoms with van der Waals surface area (Å²) in [6.45, 7) is 6.62. The molecule has 42 heavy (non-hydrogen) atoms. The van der Waals surface area contributed by atoms with E-state index in [2.05, 4.69) is 20.5 Å². The molecule has 5 rings (SSSR count). The van der Waals surface area contributed by atoms with Gasteiger partial charge in [0.15, 0.2) is 5.82 Å². The first-order chi connectivity index (χ1) is 19.9. The van der Waals surface area contributed by atoms with E-state index < -0.39 is 23.4 Å². The Morgan fingerprint density at radius 1 is 1.14 bits per heavy atom. The smallest absolute Gasteiger partial charge is 0.410 e. The van der Waals surface area contributed by atoms with Crippen LogP contribution in [0.3, 0.4) is 0 Å². The predicted octanol–water partition coefficient (Wildman–Crippen LogP) is 4.87. The predicted molar refractivity (Wildman–Crippen MR) is 158 cm³/mol. The average molecular weight is 602 g/mol. The number of likely N-dealkylation sites (tertiary alicyclic amines) is 1. The summed E-state index contributed by atoms with van der Waals surface area (Å²) in [5.41, 5.74) is -0.0106. The molecule has 2 aromatic rings. The van der Waals surface area contributed by atoms with Crippen molar-refractivity contribution in [2.45, 2.75) is 77.0 Å². The number of ether oxygens (including phenoxy) is 1. The minimum Gasteiger partial charge on any atom is -0.444 e. The van der Waals surface area contributed by atoms with E-state index in [0.717, 1.165) is 31.7 Å². The van der Waals surface area contributed by atoms with Crippen molar-refractivity contribution >= 4 is 52.6 Å². The van der Waals surface area contributed by atoms with Gasteiger partial charge in [-0.25, -0.2) is 14.2 Å². The number of fused-ring (bicyclic) bond motifs is 1. The number of hydrogen-bond donors (Lipinski definition) is 2. The molecule has 1 aromatic carbocycles. The second-order valence-corrected chi connectivity index (χ2v) is 12.5. The standard InChI is InChI=1S/C29H37ClFN7O4/c1-29(2,3)42-28(41)37-11-9-17(16-37)33-26(40)19-13-20(30)22(14-21(19)31)34-27-32-15-23-25(35-27)38(18-7-5-6-8-18)12-10-24(39)36(23)4/h13-15,17-18H,5-12,16H2,1-4H3,(H,33,40)(H,32,34,35)/t17-/m1/s1. The Bertz CT molecular complexity index is 1380. The van der Waals surface area contributed by atoms with Crippen LogP contribution in [0.4, 0.5) is 32.3 Å². The Kier molecular flexibility index (Phi) is 8.45. The molecule has 13 heteroatoms. The molecule has 2 N–H and O–H groups in total. The Balaban J connectivity index is 1.29. The van der Waals surface area contributed by atoms with Crippen molar-refractivity contribution in [3.8, 4) is 0 Å². The van der Waals surface area contributed by atoms with Crippen LogP contribution in [-0.4, -0.2) is 77.1 Å². The SMILES string of the molecule is CN1C(=O)CCN(C2CCCC2)c2nc(Nc3cc(F)c(C(=O)N[C@@H]4CCN(C(=O)OC(C)(C)C)C4)cc3Cl)ncc21. The number of amides is 3. The topological polar surface area (TPSA) is 120 Å². The highest BCUT2D eigenvalue weighted by Gasteiger charge is 2.33. The number of nitrogens with one attached hydrogen (secondary N) is 2. The second-order valence-electron chi connectivity index (χ2n) is 12.1. The van der Waals surface area contributed by atoms with Crippen molar-refractivity contribution in [3.63, 3.8) is 0 Å². The van der Waals surface area contributed by atoms with Crippen molar-refractivity contribution < 1.29 is 23.5 Å². The van der Waals surface area contributed by atoms with Gasteiger partial charge in [-0.05, 0) is 52.2 Å². The second kappa shape index (κ2) is 11.9. The molecule has 3 aliphatic rings. The molecule has 1 saturated carbocycles. The fraction of sp³-hybridized carbons (Fsp3) is 0.552. The summed E-state index contributed by atoms with van der Waals surface area (Å²) >= 11 is 6.48. The normalized spacial score (nSPS) is 19.5. The summed E-state index contributed by atoms with van der Waals surface area (Å²) in [5.74, 6) is -0.550. The van der Waals surface area contributed by atoms with E-state index in [4.69, 9.17) is 21.3 Å². The van der Waals surface area contributed by atoms with Gasteiger partial charge in [-0.3, -0.25) is 9.59 Å². The number of hydrogen-bond acceptors (Lipinski definition) is 8. The van der Waals surface area contributed by atoms with Crippen molar-refractivity contribution in [3.05, 3.63) is 34.7 Å². The molecular weight excluding hydrogens is 565 g/mol. The maximum atomic E-state index is 15.2. The minimum absolute atomic E-state index is 0.00445. The lowest BCUT2D eigenvalue weighted by Gasteiger charge is -2.30. The van der Waals surface area contributed by atoms with Gasteiger partial charge < -0.3 is 30.1 Å². The van der Waals surface area contributed by atoms with Crippen LogP contribution in [0.1, 0.15) is 69.7 Å². The zero-order chi connectivity index (χ0) is 30.2. The molecule has 11 nitrogen and oxygen atoms in total. The number of rotatable bonds is 5. The lowest BCUT2D eigenvalue weighted by atomic mass is 10.1. The first kappa shape index (κ1) is 29.8. The quantitative estimate of drug-likeness (QED) is 0.498. The number of carbonyl (C=O) groups excluding carboxylic acids is 3. The Morgan fingerprint density at radius 3 is 2.60 bits per heavy atom. The zero-order valence-corrected chi connectivity index (χ0v) is 25.1. The van der Waals surface area contributed by atoms with Crippen molar-refractivity contribution in [1.82, 2.24) is 20.2 Å². The van der Waals surface area contributed by atoms with Crippen molar-refractivity contribution in [2.75, 3.05) is 41.8 Å². The average Bonchev–Trinajstić information content (AvgIpc) is 3.60. The highest BCUT2D eigenvalue weighted by atomic mass is 35.5. The van der Waals surface area contributed by atoms with E-state index in [-0.39, 0.29) is 40.7 Å². The van der Waals surface area contributed by atoms with Crippen LogP contribution in [0.5, 0.6) is 0 Å². The van der Waals surface area contributed by atoms with Crippen molar-refractivity contribution in [2.24, 2.45) is 0 Å². The number of anilines is 4. The largest absolute Gasteiger partial charge is 0.444 e. The van der Waals surface area contributed by atoms with Crippen LogP contribution in [0, 0.1) is 5.82 Å². The van der Waals surface area contributed by atoms with Gasteiger partial charge in [0.25, 0.3) is 5.91 Å². The molecule has 226 valence electrons. The van der Waals surface area contributed by atoms with Gasteiger partial charge in [-0.1, -0.05) is 24.4 Å². The van der Waals surface area contributed by atoms with Gasteiger partial charge >= 0.3 is 6.09 Å². The van der Waals surface area contributed by atoms with Gasteiger partial charge in [0.05, 0.1) is 22.5 Å². The maximum Gasteiger partial charge on any atom is 0.410 e. The Labute approximate surface area is 249 Å². The fourth-order valence-corrected chi connectivity index (χ4v) is 5.85. The van der Waals surface area contributed by atoms with Crippen LogP contribution < -0.4 is 20.4 Å². The molecule has 3 heterocycles. The Hall–Kier alpha value is -3.67. The van der Waals surface area contributed by atoms with Crippen LogP contribution >= 0.6 is 11.6 Å². The number of carbonyl (C=O) groups is 3. The zero-order valence-electron chi connectivity index (χ0n) is 24.4. The van der Waals surface area contributed by atoms with Gasteiger partial charge in [0.2, 0.25) is 11.9 Å². The minimum atomic E-state index is -0.769. The molecule has 0 spiro atoms. The van der Waals surface area contributed by atoms with Crippen LogP contribution in [0.25, 0.3) is 0 Å². The summed E-state index contributed by atoms with van der Waals surface area (Å²) in [6, 6.07) is 2.34. The van der Waals surface area contributed by atoms with Crippen LogP contribution in [0.2, 0.25) is 5.02 Å². The van der Waals surface area contributed by atoms with E-state index in [0.29, 0.717) is 43.5 Å². The molecule has 0 unspecified atom stereocenters. The fourth-order valence-electron chi connectivity index (χ4n) is 5.64. The maximum absolute atomic E-state index is 15.2. The molecular formula is C29H37ClFN7O4. The number of halogens is 2. The summed E-state index contributed by atoms with van der Waals surface area (Å²) in [6.07, 6.45) is 6.37. The highest BCUT2D eigenvalue weighted by molar-refractivity contribution is 6.33. The molecule has 1 aliphatic carbocycles. The van der Waals surface area contributed by atoms with Crippen molar-refractivity contribution in [1.29, 1.82) is 0 Å². The molecule has 2 aliphatic heterocycles. The highest BCUT2D eigenvalue weighted by Crippen LogP contribution is 2.37. The van der Waals surface area contributed by atoms with E-state index in [1.54, 1.807) is 38.9 Å². The molecule has 0 radical (unpaired) electrons. The monoisotopic (exact) mass is 601 g/mol. The summed E-state index contributed by atoms with van der Waals surface area (Å²) < 4.78 is 20.6. The third kappa shape index (κ3) is 6.53. The summed E-state index contributed by atoms with van der Waals surface area (Å²) in [5, 5.41) is 5.89. The third-order valence-corrected chi connectivity index (χ3v) is 8.13. The van der Waals surface area contributed by atoms with E-state index in [1.165, 1.54) is 11.0 Å². The molecule has 0 bridgehead atoms. The van der Waals surface area contributed by atoms with E-state index in [9.17, 15) is 14.4 Å². The molecule has 1 saturated heterocycles.